The normalized spacial score (nSPS) is 10.6. The van der Waals surface area contributed by atoms with Crippen LogP contribution in [-0.4, -0.2) is 22.9 Å². The number of methoxy groups -OCH3 is 1. The second-order valence-electron chi connectivity index (χ2n) is 5.92. The van der Waals surface area contributed by atoms with Crippen LogP contribution in [-0.2, 0) is 18.4 Å². The molecule has 0 amide bonds. The summed E-state index contributed by atoms with van der Waals surface area (Å²) in [5, 5.41) is 4.48. The Morgan fingerprint density at radius 1 is 1.12 bits per heavy atom. The van der Waals surface area contributed by atoms with Gasteiger partial charge in [0, 0.05) is 17.1 Å². The van der Waals surface area contributed by atoms with Crippen LogP contribution < -0.4 is 4.74 Å². The van der Waals surface area contributed by atoms with Crippen LogP contribution in [0.1, 0.15) is 21.6 Å². The third-order valence-electron chi connectivity index (χ3n) is 4.00. The maximum Gasteiger partial charge on any atom is 0.360 e. The molecule has 0 bridgehead atoms. The number of benzene rings is 2. The van der Waals surface area contributed by atoms with Gasteiger partial charge < -0.3 is 9.47 Å². The minimum atomic E-state index is -0.484. The average Bonchev–Trinajstić information content (AvgIpc) is 2.97. The van der Waals surface area contributed by atoms with Gasteiger partial charge in [-0.25, -0.2) is 4.79 Å². The van der Waals surface area contributed by atoms with E-state index in [1.54, 1.807) is 7.05 Å². The molecule has 2 aromatic carbocycles. The van der Waals surface area contributed by atoms with Crippen molar-refractivity contribution in [2.45, 2.75) is 13.5 Å². The molecule has 0 atom stereocenters. The summed E-state index contributed by atoms with van der Waals surface area (Å²) < 4.78 is 13.4. The highest BCUT2D eigenvalue weighted by Gasteiger charge is 2.25. The van der Waals surface area contributed by atoms with Crippen molar-refractivity contribution in [3.05, 3.63) is 69.8 Å². The van der Waals surface area contributed by atoms with E-state index in [-0.39, 0.29) is 5.69 Å². The predicted molar refractivity (Wildman–Crippen MR) is 103 cm³/mol. The zero-order chi connectivity index (χ0) is 18.7. The van der Waals surface area contributed by atoms with Gasteiger partial charge in [0.15, 0.2) is 11.4 Å². The first-order valence-corrected chi connectivity index (χ1v) is 8.88. The number of hydrogen-bond donors (Lipinski definition) is 0. The highest BCUT2D eigenvalue weighted by Crippen LogP contribution is 2.34. The van der Waals surface area contributed by atoms with Crippen LogP contribution in [0.25, 0.3) is 11.3 Å². The fraction of sp³-hybridized carbons (Fsp3) is 0.200. The maximum atomic E-state index is 12.2. The van der Waals surface area contributed by atoms with Gasteiger partial charge >= 0.3 is 5.97 Å². The van der Waals surface area contributed by atoms with Gasteiger partial charge in [-0.3, -0.25) is 4.68 Å². The molecule has 3 rings (SSSR count). The Kier molecular flexibility index (Phi) is 5.42. The molecule has 0 saturated heterocycles. The Morgan fingerprint density at radius 2 is 1.77 bits per heavy atom. The summed E-state index contributed by atoms with van der Waals surface area (Å²) in [7, 11) is 3.05. The molecule has 26 heavy (non-hydrogen) atoms. The second kappa shape index (κ2) is 7.74. The number of esters is 1. The lowest BCUT2D eigenvalue weighted by Crippen LogP contribution is -2.10. The molecule has 6 heteroatoms. The van der Waals surface area contributed by atoms with E-state index in [0.29, 0.717) is 18.1 Å². The number of hydrogen-bond acceptors (Lipinski definition) is 4. The zero-order valence-electron chi connectivity index (χ0n) is 14.8. The lowest BCUT2D eigenvalue weighted by Gasteiger charge is -2.09. The molecule has 3 aromatic rings. The summed E-state index contributed by atoms with van der Waals surface area (Å²) in [5.41, 5.74) is 3.95. The number of carbonyl (C=O) groups is 1. The van der Waals surface area contributed by atoms with Crippen molar-refractivity contribution in [3.8, 4) is 17.0 Å². The highest BCUT2D eigenvalue weighted by molar-refractivity contribution is 9.10. The molecular formula is C20H19BrN2O3. The van der Waals surface area contributed by atoms with E-state index in [1.807, 2.05) is 55.5 Å². The van der Waals surface area contributed by atoms with Crippen LogP contribution in [0, 0.1) is 6.92 Å². The first kappa shape index (κ1) is 18.2. The average molecular weight is 415 g/mol. The van der Waals surface area contributed by atoms with Gasteiger partial charge in [-0.05, 0) is 24.6 Å². The van der Waals surface area contributed by atoms with Crippen LogP contribution in [0.15, 0.2) is 53.0 Å². The SMILES string of the molecule is COC(=O)c1c(OCc2ccc(C)cc2)c(-c2ccc(Br)cc2)nn1C. The largest absolute Gasteiger partial charge is 0.484 e. The second-order valence-corrected chi connectivity index (χ2v) is 6.84. The molecule has 0 aliphatic carbocycles. The Morgan fingerprint density at radius 3 is 2.38 bits per heavy atom. The van der Waals surface area contributed by atoms with Gasteiger partial charge in [0.25, 0.3) is 0 Å². The molecule has 1 aromatic heterocycles. The lowest BCUT2D eigenvalue weighted by molar-refractivity contribution is 0.0583. The van der Waals surface area contributed by atoms with Crippen molar-refractivity contribution in [2.75, 3.05) is 7.11 Å². The van der Waals surface area contributed by atoms with Gasteiger partial charge in [-0.2, -0.15) is 5.10 Å². The zero-order valence-corrected chi connectivity index (χ0v) is 16.4. The van der Waals surface area contributed by atoms with E-state index < -0.39 is 5.97 Å². The first-order valence-electron chi connectivity index (χ1n) is 8.09. The number of aryl methyl sites for hydroxylation is 2. The molecular weight excluding hydrogens is 396 g/mol. The van der Waals surface area contributed by atoms with Crippen LogP contribution in [0.3, 0.4) is 0 Å². The fourth-order valence-electron chi connectivity index (χ4n) is 2.60. The highest BCUT2D eigenvalue weighted by atomic mass is 79.9. The molecule has 0 fully saturated rings. The monoisotopic (exact) mass is 414 g/mol. The third-order valence-corrected chi connectivity index (χ3v) is 4.53. The number of aromatic nitrogens is 2. The Bertz CT molecular complexity index is 915. The molecule has 1 heterocycles. The number of rotatable bonds is 5. The number of ether oxygens (including phenoxy) is 2. The third kappa shape index (κ3) is 3.80. The Balaban J connectivity index is 2.00. The van der Waals surface area contributed by atoms with Crippen molar-refractivity contribution >= 4 is 21.9 Å². The summed E-state index contributed by atoms with van der Waals surface area (Å²) in [5.74, 6) is -0.0653. The lowest BCUT2D eigenvalue weighted by atomic mass is 10.1. The molecule has 0 radical (unpaired) electrons. The van der Waals surface area contributed by atoms with Gasteiger partial charge in [0.05, 0.1) is 7.11 Å². The molecule has 5 nitrogen and oxygen atoms in total. The molecule has 0 spiro atoms. The topological polar surface area (TPSA) is 53.4 Å². The van der Waals surface area contributed by atoms with Crippen molar-refractivity contribution < 1.29 is 14.3 Å². The van der Waals surface area contributed by atoms with Crippen LogP contribution in [0.5, 0.6) is 5.75 Å². The number of carbonyl (C=O) groups excluding carboxylic acids is 1. The minimum absolute atomic E-state index is 0.289. The van der Waals surface area contributed by atoms with E-state index in [4.69, 9.17) is 9.47 Å². The van der Waals surface area contributed by atoms with Gasteiger partial charge in [-0.15, -0.1) is 0 Å². The molecule has 134 valence electrons. The Labute approximate surface area is 160 Å². The Hall–Kier alpha value is -2.60. The van der Waals surface area contributed by atoms with Crippen LogP contribution >= 0.6 is 15.9 Å². The summed E-state index contributed by atoms with van der Waals surface area (Å²) in [4.78, 5) is 12.2. The van der Waals surface area contributed by atoms with E-state index in [0.717, 1.165) is 15.6 Å². The predicted octanol–water partition coefficient (Wildman–Crippen LogP) is 4.52. The quantitative estimate of drug-likeness (QED) is 0.575. The van der Waals surface area contributed by atoms with Crippen molar-refractivity contribution in [1.29, 1.82) is 0 Å². The number of nitrogens with zero attached hydrogens (tertiary/aromatic N) is 2. The van der Waals surface area contributed by atoms with Gasteiger partial charge in [0.2, 0.25) is 0 Å². The molecule has 0 aliphatic rings. The first-order chi connectivity index (χ1) is 12.5. The summed E-state index contributed by atoms with van der Waals surface area (Å²) in [6.07, 6.45) is 0. The van der Waals surface area contributed by atoms with E-state index in [2.05, 4.69) is 21.0 Å². The van der Waals surface area contributed by atoms with Crippen molar-refractivity contribution in [2.24, 2.45) is 7.05 Å². The summed E-state index contributed by atoms with van der Waals surface area (Å²) in [6.45, 7) is 2.37. The fourth-order valence-corrected chi connectivity index (χ4v) is 2.86. The molecule has 0 aliphatic heterocycles. The van der Waals surface area contributed by atoms with E-state index in [1.165, 1.54) is 17.4 Å². The van der Waals surface area contributed by atoms with Crippen LogP contribution in [0.2, 0.25) is 0 Å². The summed E-state index contributed by atoms with van der Waals surface area (Å²) >= 11 is 3.43. The summed E-state index contributed by atoms with van der Waals surface area (Å²) in [6, 6.07) is 15.7. The van der Waals surface area contributed by atoms with Gasteiger partial charge in [-0.1, -0.05) is 57.9 Å². The molecule has 0 saturated carbocycles. The van der Waals surface area contributed by atoms with Gasteiger partial charge in [0.1, 0.15) is 12.3 Å². The van der Waals surface area contributed by atoms with E-state index in [9.17, 15) is 4.79 Å². The maximum absolute atomic E-state index is 12.2. The van der Waals surface area contributed by atoms with E-state index >= 15 is 0 Å². The molecule has 0 N–H and O–H groups in total. The minimum Gasteiger partial charge on any atom is -0.484 e. The van der Waals surface area contributed by atoms with Crippen LogP contribution in [0.4, 0.5) is 0 Å². The molecule has 0 unspecified atom stereocenters. The number of halogens is 1. The smallest absolute Gasteiger partial charge is 0.360 e. The van der Waals surface area contributed by atoms with Crippen molar-refractivity contribution in [1.82, 2.24) is 9.78 Å². The standard InChI is InChI=1S/C20H19BrN2O3/c1-13-4-6-14(7-5-13)12-26-19-17(15-8-10-16(21)11-9-15)22-23(2)18(19)20(24)25-3/h4-11H,12H2,1-3H3. The van der Waals surface area contributed by atoms with Crippen molar-refractivity contribution in [3.63, 3.8) is 0 Å².